The molecule has 1 aliphatic heterocycles. The van der Waals surface area contributed by atoms with Crippen LogP contribution >= 0.6 is 0 Å². The minimum Gasteiger partial charge on any atom is -0.492 e. The number of likely N-dealkylation sites (N-methyl/N-ethyl adjacent to an activating group) is 1. The second-order valence-corrected chi connectivity index (χ2v) is 9.25. The Morgan fingerprint density at radius 1 is 1.10 bits per heavy atom. The Morgan fingerprint density at radius 3 is 2.48 bits per heavy atom. The highest BCUT2D eigenvalue weighted by Crippen LogP contribution is 2.26. The van der Waals surface area contributed by atoms with Crippen LogP contribution in [0.5, 0.6) is 5.75 Å². The molecule has 1 aliphatic rings. The van der Waals surface area contributed by atoms with Crippen LogP contribution in [-0.2, 0) is 14.8 Å². The van der Waals surface area contributed by atoms with E-state index in [4.69, 9.17) is 4.74 Å². The zero-order valence-corrected chi connectivity index (χ0v) is 17.8. The van der Waals surface area contributed by atoms with Crippen molar-refractivity contribution in [2.24, 2.45) is 0 Å². The summed E-state index contributed by atoms with van der Waals surface area (Å²) < 4.78 is 33.2. The molecule has 0 N–H and O–H groups in total. The van der Waals surface area contributed by atoms with Crippen LogP contribution in [-0.4, -0.2) is 56.3 Å². The Morgan fingerprint density at radius 2 is 1.79 bits per heavy atom. The van der Waals surface area contributed by atoms with Gasteiger partial charge in [0.15, 0.2) is 0 Å². The van der Waals surface area contributed by atoms with Crippen molar-refractivity contribution >= 4 is 15.9 Å². The number of carbonyl (C=O) groups is 1. The Labute approximate surface area is 173 Å². The van der Waals surface area contributed by atoms with Gasteiger partial charge in [0.25, 0.3) is 0 Å². The van der Waals surface area contributed by atoms with Gasteiger partial charge in [-0.05, 0) is 44.0 Å². The monoisotopic (exact) mass is 416 g/mol. The molecule has 1 saturated heterocycles. The largest absolute Gasteiger partial charge is 0.492 e. The normalized spacial score (nSPS) is 17.7. The number of rotatable bonds is 7. The number of ether oxygens (including phenoxy) is 1. The number of sulfonamides is 1. The van der Waals surface area contributed by atoms with Gasteiger partial charge >= 0.3 is 0 Å². The summed E-state index contributed by atoms with van der Waals surface area (Å²) in [4.78, 5) is 14.8. The number of hydrogen-bond acceptors (Lipinski definition) is 4. The van der Waals surface area contributed by atoms with Crippen molar-refractivity contribution in [3.8, 4) is 5.75 Å². The van der Waals surface area contributed by atoms with Crippen molar-refractivity contribution in [1.29, 1.82) is 0 Å². The maximum Gasteiger partial charge on any atom is 0.243 e. The van der Waals surface area contributed by atoms with Crippen LogP contribution in [0.4, 0.5) is 0 Å². The van der Waals surface area contributed by atoms with Crippen LogP contribution in [0.2, 0.25) is 0 Å². The van der Waals surface area contributed by atoms with Crippen LogP contribution in [0.25, 0.3) is 0 Å². The van der Waals surface area contributed by atoms with Crippen molar-refractivity contribution in [2.75, 3.05) is 26.7 Å². The number of aryl methyl sites for hydroxylation is 1. The predicted molar refractivity (Wildman–Crippen MR) is 112 cm³/mol. The summed E-state index contributed by atoms with van der Waals surface area (Å²) in [5.74, 6) is 0.569. The van der Waals surface area contributed by atoms with Crippen molar-refractivity contribution < 1.29 is 17.9 Å². The minimum atomic E-state index is -3.70. The van der Waals surface area contributed by atoms with E-state index < -0.39 is 16.1 Å². The molecule has 0 radical (unpaired) electrons. The third kappa shape index (κ3) is 5.16. The van der Waals surface area contributed by atoms with Gasteiger partial charge in [0.1, 0.15) is 18.4 Å². The van der Waals surface area contributed by atoms with E-state index in [2.05, 4.69) is 0 Å². The summed E-state index contributed by atoms with van der Waals surface area (Å²) in [6, 6.07) is 15.4. The summed E-state index contributed by atoms with van der Waals surface area (Å²) >= 11 is 0. The van der Waals surface area contributed by atoms with Crippen LogP contribution in [0, 0.1) is 6.92 Å². The first-order valence-electron chi connectivity index (χ1n) is 9.91. The fourth-order valence-electron chi connectivity index (χ4n) is 3.47. The molecular weight excluding hydrogens is 388 g/mol. The Hall–Kier alpha value is -2.38. The molecule has 1 heterocycles. The molecule has 2 aromatic rings. The number of amides is 1. The first-order valence-corrected chi connectivity index (χ1v) is 11.3. The van der Waals surface area contributed by atoms with Crippen LogP contribution in [0.3, 0.4) is 0 Å². The molecule has 1 atom stereocenters. The molecule has 3 rings (SSSR count). The summed E-state index contributed by atoms with van der Waals surface area (Å²) in [7, 11) is -2.01. The SMILES string of the molecule is Cc1ccc(OCCN(C)C(=O)C2CCCCN2S(=O)(=O)c2ccccc2)cc1. The van der Waals surface area contributed by atoms with Gasteiger partial charge in [0, 0.05) is 13.6 Å². The molecule has 1 amide bonds. The molecule has 0 aromatic heterocycles. The first-order chi connectivity index (χ1) is 13.9. The first kappa shape index (κ1) is 21.3. The Balaban J connectivity index is 1.64. The minimum absolute atomic E-state index is 0.184. The van der Waals surface area contributed by atoms with Gasteiger partial charge < -0.3 is 9.64 Å². The molecule has 0 bridgehead atoms. The van der Waals surface area contributed by atoms with Crippen LogP contribution in [0.15, 0.2) is 59.5 Å². The highest BCUT2D eigenvalue weighted by atomic mass is 32.2. The molecule has 1 unspecified atom stereocenters. The molecule has 0 aliphatic carbocycles. The molecule has 2 aromatic carbocycles. The topological polar surface area (TPSA) is 66.9 Å². The lowest BCUT2D eigenvalue weighted by molar-refractivity contribution is -0.135. The van der Waals surface area contributed by atoms with Gasteiger partial charge in [-0.1, -0.05) is 42.3 Å². The van der Waals surface area contributed by atoms with Gasteiger partial charge in [-0.15, -0.1) is 0 Å². The molecule has 0 saturated carbocycles. The smallest absolute Gasteiger partial charge is 0.243 e. The number of piperidine rings is 1. The molecule has 1 fully saturated rings. The van der Waals surface area contributed by atoms with Gasteiger partial charge in [-0.3, -0.25) is 4.79 Å². The Bertz CT molecular complexity index is 914. The second kappa shape index (κ2) is 9.41. The van der Waals surface area contributed by atoms with Gasteiger partial charge in [-0.2, -0.15) is 4.31 Å². The van der Waals surface area contributed by atoms with E-state index >= 15 is 0 Å². The van der Waals surface area contributed by atoms with Crippen molar-refractivity contribution in [3.63, 3.8) is 0 Å². The average molecular weight is 417 g/mol. The number of benzene rings is 2. The molecule has 156 valence electrons. The van der Waals surface area contributed by atoms with E-state index in [1.807, 2.05) is 31.2 Å². The van der Waals surface area contributed by atoms with E-state index in [0.29, 0.717) is 26.1 Å². The Kier molecular flexibility index (Phi) is 6.92. The molecule has 7 heteroatoms. The predicted octanol–water partition coefficient (Wildman–Crippen LogP) is 3.08. The van der Waals surface area contributed by atoms with E-state index in [1.165, 1.54) is 4.31 Å². The second-order valence-electron chi connectivity index (χ2n) is 7.36. The lowest BCUT2D eigenvalue weighted by Crippen LogP contribution is -2.52. The lowest BCUT2D eigenvalue weighted by atomic mass is 10.0. The van der Waals surface area contributed by atoms with E-state index in [-0.39, 0.29) is 10.8 Å². The molecule has 0 spiro atoms. The fourth-order valence-corrected chi connectivity index (χ4v) is 5.14. The number of hydrogen-bond donors (Lipinski definition) is 0. The highest BCUT2D eigenvalue weighted by molar-refractivity contribution is 7.89. The zero-order chi connectivity index (χ0) is 20.9. The summed E-state index contributed by atoms with van der Waals surface area (Å²) in [6.45, 7) is 3.11. The molecular formula is C22H28N2O4S. The average Bonchev–Trinajstić information content (AvgIpc) is 2.75. The van der Waals surface area contributed by atoms with Crippen molar-refractivity contribution in [1.82, 2.24) is 9.21 Å². The van der Waals surface area contributed by atoms with Crippen LogP contribution in [0.1, 0.15) is 24.8 Å². The summed E-state index contributed by atoms with van der Waals surface area (Å²) in [5, 5.41) is 0. The van der Waals surface area contributed by atoms with E-state index in [1.54, 1.807) is 42.3 Å². The quantitative estimate of drug-likeness (QED) is 0.696. The highest BCUT2D eigenvalue weighted by Gasteiger charge is 2.38. The maximum atomic E-state index is 13.1. The third-order valence-electron chi connectivity index (χ3n) is 5.18. The van der Waals surface area contributed by atoms with Gasteiger partial charge in [-0.25, -0.2) is 8.42 Å². The van der Waals surface area contributed by atoms with E-state index in [9.17, 15) is 13.2 Å². The van der Waals surface area contributed by atoms with E-state index in [0.717, 1.165) is 24.2 Å². The van der Waals surface area contributed by atoms with Crippen molar-refractivity contribution in [2.45, 2.75) is 37.1 Å². The zero-order valence-electron chi connectivity index (χ0n) is 17.0. The molecule has 6 nitrogen and oxygen atoms in total. The van der Waals surface area contributed by atoms with Crippen LogP contribution < -0.4 is 4.74 Å². The van der Waals surface area contributed by atoms with Crippen molar-refractivity contribution in [3.05, 3.63) is 60.2 Å². The lowest BCUT2D eigenvalue weighted by Gasteiger charge is -2.35. The standard InChI is InChI=1S/C22H28N2O4S/c1-18-11-13-19(14-12-18)28-17-16-23(2)22(25)21-10-6-7-15-24(21)29(26,27)20-8-4-3-5-9-20/h3-5,8-9,11-14,21H,6-7,10,15-17H2,1-2H3. The summed E-state index contributed by atoms with van der Waals surface area (Å²) in [5.41, 5.74) is 1.15. The number of nitrogens with zero attached hydrogens (tertiary/aromatic N) is 2. The maximum absolute atomic E-state index is 13.1. The van der Waals surface area contributed by atoms with Gasteiger partial charge in [0.2, 0.25) is 15.9 Å². The molecule has 29 heavy (non-hydrogen) atoms. The van der Waals surface area contributed by atoms with Gasteiger partial charge in [0.05, 0.1) is 11.4 Å². The fraction of sp³-hybridized carbons (Fsp3) is 0.409. The number of carbonyl (C=O) groups excluding carboxylic acids is 1. The third-order valence-corrected chi connectivity index (χ3v) is 7.10. The summed E-state index contributed by atoms with van der Waals surface area (Å²) in [6.07, 6.45) is 2.13.